The van der Waals surface area contributed by atoms with Gasteiger partial charge in [0.2, 0.25) is 10.0 Å². The van der Waals surface area contributed by atoms with Crippen LogP contribution >= 0.6 is 0 Å². The molecule has 4 N–H and O–H groups in total. The van der Waals surface area contributed by atoms with Gasteiger partial charge in [0.25, 0.3) is 0 Å². The van der Waals surface area contributed by atoms with E-state index in [2.05, 4.69) is 0 Å². The van der Waals surface area contributed by atoms with E-state index in [1.165, 1.54) is 25.3 Å². The summed E-state index contributed by atoms with van der Waals surface area (Å²) in [6.07, 6.45) is 3.69. The first-order chi connectivity index (χ1) is 8.38. The van der Waals surface area contributed by atoms with Crippen LogP contribution in [-0.4, -0.2) is 22.0 Å². The Balaban J connectivity index is 2.30. The molecule has 1 aliphatic rings. The summed E-state index contributed by atoms with van der Waals surface area (Å²) in [7, 11) is -1.86. The lowest BCUT2D eigenvalue weighted by atomic mass is 9.85. The number of nitrogen functional groups attached to an aromatic ring is 1. The zero-order valence-electron chi connectivity index (χ0n) is 10.5. The molecule has 1 fully saturated rings. The number of hydrogen-bond acceptors (Lipinski definition) is 4. The summed E-state index contributed by atoms with van der Waals surface area (Å²) in [5, 5.41) is 5.23. The molecule has 0 spiro atoms. The van der Waals surface area contributed by atoms with Gasteiger partial charge in [0, 0.05) is 19.3 Å². The van der Waals surface area contributed by atoms with E-state index in [0.717, 1.165) is 6.54 Å². The van der Waals surface area contributed by atoms with Crippen molar-refractivity contribution < 1.29 is 8.42 Å². The minimum atomic E-state index is -3.75. The van der Waals surface area contributed by atoms with Gasteiger partial charge in [-0.2, -0.15) is 0 Å². The summed E-state index contributed by atoms with van der Waals surface area (Å²) < 4.78 is 23.2. The van der Waals surface area contributed by atoms with Crippen LogP contribution in [0, 0.1) is 5.92 Å². The smallest absolute Gasteiger partial charge is 0.240 e. The van der Waals surface area contributed by atoms with Crippen molar-refractivity contribution in [3.63, 3.8) is 0 Å². The average Bonchev–Trinajstić information content (AvgIpc) is 2.22. The first kappa shape index (κ1) is 13.2. The van der Waals surface area contributed by atoms with E-state index in [9.17, 15) is 8.42 Å². The Bertz CT molecular complexity index is 538. The number of nitrogens with zero attached hydrogens (tertiary/aromatic N) is 1. The topological polar surface area (TPSA) is 89.4 Å². The summed E-state index contributed by atoms with van der Waals surface area (Å²) in [6, 6.07) is 4.83. The van der Waals surface area contributed by atoms with Crippen LogP contribution in [-0.2, 0) is 10.0 Å². The normalized spacial score (nSPS) is 16.3. The fourth-order valence-corrected chi connectivity index (χ4v) is 3.05. The lowest BCUT2D eigenvalue weighted by Gasteiger charge is -2.32. The second kappa shape index (κ2) is 4.78. The molecule has 0 atom stereocenters. The third-order valence-corrected chi connectivity index (χ3v) is 4.40. The van der Waals surface area contributed by atoms with Gasteiger partial charge < -0.3 is 10.6 Å². The van der Waals surface area contributed by atoms with Crippen LogP contribution < -0.4 is 15.8 Å². The number of sulfonamides is 1. The van der Waals surface area contributed by atoms with Crippen molar-refractivity contribution in [2.75, 3.05) is 24.2 Å². The summed E-state index contributed by atoms with van der Waals surface area (Å²) in [6.45, 7) is 0.854. The molecule has 6 heteroatoms. The van der Waals surface area contributed by atoms with Gasteiger partial charge in [0.05, 0.1) is 5.69 Å². The van der Waals surface area contributed by atoms with E-state index in [4.69, 9.17) is 10.9 Å². The van der Waals surface area contributed by atoms with Gasteiger partial charge >= 0.3 is 0 Å². The van der Waals surface area contributed by atoms with Crippen LogP contribution in [0.3, 0.4) is 0 Å². The minimum absolute atomic E-state index is 0.101. The SMILES string of the molecule is CN(CC1CCC1)c1ccc(N)cc1S(N)(=O)=O. The fraction of sp³-hybridized carbons (Fsp3) is 0.500. The maximum Gasteiger partial charge on any atom is 0.240 e. The molecule has 18 heavy (non-hydrogen) atoms. The van der Waals surface area contributed by atoms with Gasteiger partial charge in [-0.25, -0.2) is 13.6 Å². The lowest BCUT2D eigenvalue weighted by Crippen LogP contribution is -2.30. The summed E-state index contributed by atoms with van der Waals surface area (Å²) in [5.74, 6) is 0.654. The largest absolute Gasteiger partial charge is 0.399 e. The van der Waals surface area contributed by atoms with Gasteiger partial charge in [-0.1, -0.05) is 6.42 Å². The predicted octanol–water partition coefficient (Wildman–Crippen LogP) is 1.15. The molecule has 0 saturated heterocycles. The molecule has 0 amide bonds. The van der Waals surface area contributed by atoms with Crippen molar-refractivity contribution in [2.24, 2.45) is 11.1 Å². The number of primary sulfonamides is 1. The molecule has 5 nitrogen and oxygen atoms in total. The van der Waals surface area contributed by atoms with Crippen LogP contribution in [0.1, 0.15) is 19.3 Å². The second-order valence-electron chi connectivity index (χ2n) is 4.95. The first-order valence-corrected chi connectivity index (χ1v) is 7.56. The van der Waals surface area contributed by atoms with E-state index in [1.54, 1.807) is 12.1 Å². The van der Waals surface area contributed by atoms with Crippen molar-refractivity contribution in [1.82, 2.24) is 0 Å². The molecule has 1 saturated carbocycles. The van der Waals surface area contributed by atoms with Gasteiger partial charge in [-0.05, 0) is 37.0 Å². The van der Waals surface area contributed by atoms with Crippen molar-refractivity contribution in [1.29, 1.82) is 0 Å². The van der Waals surface area contributed by atoms with Crippen LogP contribution in [0.25, 0.3) is 0 Å². The second-order valence-corrected chi connectivity index (χ2v) is 6.48. The molecule has 0 heterocycles. The number of rotatable bonds is 4. The van der Waals surface area contributed by atoms with Crippen molar-refractivity contribution in [2.45, 2.75) is 24.2 Å². The highest BCUT2D eigenvalue weighted by molar-refractivity contribution is 7.89. The van der Waals surface area contributed by atoms with Crippen molar-refractivity contribution >= 4 is 21.4 Å². The summed E-state index contributed by atoms with van der Waals surface area (Å²) in [4.78, 5) is 2.05. The summed E-state index contributed by atoms with van der Waals surface area (Å²) in [5.41, 5.74) is 6.65. The Kier molecular flexibility index (Phi) is 3.49. The molecule has 0 radical (unpaired) electrons. The van der Waals surface area contributed by atoms with Crippen LogP contribution in [0.15, 0.2) is 23.1 Å². The number of anilines is 2. The molecule has 0 bridgehead atoms. The number of benzene rings is 1. The highest BCUT2D eigenvalue weighted by Crippen LogP contribution is 2.31. The molecule has 0 aliphatic heterocycles. The van der Waals surface area contributed by atoms with Crippen LogP contribution in [0.5, 0.6) is 0 Å². The molecular weight excluding hydrogens is 250 g/mol. The van der Waals surface area contributed by atoms with Crippen LogP contribution in [0.4, 0.5) is 11.4 Å². The standard InChI is InChI=1S/C12H19N3O2S/c1-15(8-9-3-2-4-9)11-6-5-10(13)7-12(11)18(14,16)17/h5-7,9H,2-4,8,13H2,1H3,(H2,14,16,17). The third kappa shape index (κ3) is 2.76. The predicted molar refractivity (Wildman–Crippen MR) is 72.8 cm³/mol. The molecule has 1 aromatic carbocycles. The maximum absolute atomic E-state index is 11.6. The highest BCUT2D eigenvalue weighted by Gasteiger charge is 2.22. The zero-order chi connectivity index (χ0) is 13.3. The van der Waals surface area contributed by atoms with Gasteiger partial charge in [-0.15, -0.1) is 0 Å². The lowest BCUT2D eigenvalue weighted by molar-refractivity contribution is 0.321. The third-order valence-electron chi connectivity index (χ3n) is 3.46. The van der Waals surface area contributed by atoms with Crippen molar-refractivity contribution in [3.8, 4) is 0 Å². The van der Waals surface area contributed by atoms with E-state index < -0.39 is 10.0 Å². The Morgan fingerprint density at radius 2 is 2.06 bits per heavy atom. The van der Waals surface area contributed by atoms with Gasteiger partial charge in [0.1, 0.15) is 4.90 Å². The Morgan fingerprint density at radius 1 is 1.39 bits per heavy atom. The minimum Gasteiger partial charge on any atom is -0.399 e. The molecule has 0 aromatic heterocycles. The van der Waals surface area contributed by atoms with E-state index >= 15 is 0 Å². The van der Waals surface area contributed by atoms with E-state index in [-0.39, 0.29) is 4.90 Å². The van der Waals surface area contributed by atoms with Crippen LogP contribution in [0.2, 0.25) is 0 Å². The number of nitrogens with two attached hydrogens (primary N) is 2. The van der Waals surface area contributed by atoms with Gasteiger partial charge in [-0.3, -0.25) is 0 Å². The quantitative estimate of drug-likeness (QED) is 0.802. The highest BCUT2D eigenvalue weighted by atomic mass is 32.2. The van der Waals surface area contributed by atoms with Crippen molar-refractivity contribution in [3.05, 3.63) is 18.2 Å². The number of hydrogen-bond donors (Lipinski definition) is 2. The van der Waals surface area contributed by atoms with Gasteiger partial charge in [0.15, 0.2) is 0 Å². The molecular formula is C12H19N3O2S. The Hall–Kier alpha value is -1.27. The zero-order valence-corrected chi connectivity index (χ0v) is 11.3. The fourth-order valence-electron chi connectivity index (χ4n) is 2.23. The van der Waals surface area contributed by atoms with E-state index in [0.29, 0.717) is 17.3 Å². The maximum atomic E-state index is 11.6. The molecule has 100 valence electrons. The molecule has 1 aromatic rings. The Morgan fingerprint density at radius 3 is 2.56 bits per heavy atom. The van der Waals surface area contributed by atoms with E-state index in [1.807, 2.05) is 11.9 Å². The molecule has 0 unspecified atom stereocenters. The monoisotopic (exact) mass is 269 g/mol. The molecule has 2 rings (SSSR count). The molecule has 1 aliphatic carbocycles. The average molecular weight is 269 g/mol. The first-order valence-electron chi connectivity index (χ1n) is 6.01. The summed E-state index contributed by atoms with van der Waals surface area (Å²) >= 11 is 0. The Labute approximate surface area is 108 Å².